The number of aromatic nitrogens is 1. The van der Waals surface area contributed by atoms with Crippen LogP contribution in [0.5, 0.6) is 0 Å². The summed E-state index contributed by atoms with van der Waals surface area (Å²) in [6.07, 6.45) is 1.91. The lowest BCUT2D eigenvalue weighted by molar-refractivity contribution is -0.111. The van der Waals surface area contributed by atoms with Gasteiger partial charge in [0.25, 0.3) is 5.91 Å². The number of rotatable bonds is 5. The van der Waals surface area contributed by atoms with Crippen LogP contribution in [0, 0.1) is 13.8 Å². The Morgan fingerprint density at radius 3 is 2.37 bits per heavy atom. The first-order valence-corrected chi connectivity index (χ1v) is 10.6. The van der Waals surface area contributed by atoms with Crippen LogP contribution >= 0.6 is 11.3 Å². The number of carbonyl (C=O) groups is 1. The lowest BCUT2D eigenvalue weighted by Crippen LogP contribution is -2.13. The van der Waals surface area contributed by atoms with Gasteiger partial charge < -0.3 is 0 Å². The van der Waals surface area contributed by atoms with Gasteiger partial charge in [0, 0.05) is 16.5 Å². The molecule has 0 atom stereocenters. The Morgan fingerprint density at radius 2 is 1.63 bits per heavy atom. The molecule has 4 aromatic rings. The molecule has 1 heterocycles. The molecule has 1 N–H and O–H groups in total. The topological polar surface area (TPSA) is 42.0 Å². The Morgan fingerprint density at radius 1 is 0.933 bits per heavy atom. The molecule has 1 aromatic heterocycles. The number of thiazole rings is 1. The Balaban J connectivity index is 1.63. The van der Waals surface area contributed by atoms with Crippen LogP contribution in [-0.4, -0.2) is 10.9 Å². The fourth-order valence-electron chi connectivity index (χ4n) is 3.24. The maximum absolute atomic E-state index is 13.2. The van der Waals surface area contributed by atoms with Crippen molar-refractivity contribution in [2.45, 2.75) is 13.8 Å². The van der Waals surface area contributed by atoms with Crippen LogP contribution < -0.4 is 5.32 Å². The zero-order valence-electron chi connectivity index (χ0n) is 16.9. The van der Waals surface area contributed by atoms with Gasteiger partial charge >= 0.3 is 0 Å². The summed E-state index contributed by atoms with van der Waals surface area (Å²) in [5, 5.41) is 5.56. The fraction of sp³-hybridized carbons (Fsp3) is 0.0769. The Bertz CT molecular complexity index is 1190. The fourth-order valence-corrected chi connectivity index (χ4v) is 3.95. The van der Waals surface area contributed by atoms with Gasteiger partial charge in [-0.2, -0.15) is 0 Å². The van der Waals surface area contributed by atoms with Crippen molar-refractivity contribution in [2.75, 3.05) is 5.32 Å². The van der Waals surface area contributed by atoms with Crippen LogP contribution in [0.4, 0.5) is 5.13 Å². The molecule has 0 aliphatic rings. The van der Waals surface area contributed by atoms with Crippen LogP contribution in [0.25, 0.3) is 22.9 Å². The van der Waals surface area contributed by atoms with Gasteiger partial charge in [-0.1, -0.05) is 78.4 Å². The van der Waals surface area contributed by atoms with Crippen LogP contribution in [-0.2, 0) is 4.79 Å². The number of anilines is 1. The largest absolute Gasteiger partial charge is 0.298 e. The Hall–Kier alpha value is -3.50. The molecular weight excluding hydrogens is 388 g/mol. The molecule has 30 heavy (non-hydrogen) atoms. The van der Waals surface area contributed by atoms with E-state index in [0.29, 0.717) is 10.7 Å². The lowest BCUT2D eigenvalue weighted by Gasteiger charge is -2.08. The average Bonchev–Trinajstić information content (AvgIpc) is 3.23. The number of hydrogen-bond donors (Lipinski definition) is 1. The van der Waals surface area contributed by atoms with E-state index in [2.05, 4.69) is 42.3 Å². The van der Waals surface area contributed by atoms with Gasteiger partial charge in [-0.15, -0.1) is 11.3 Å². The van der Waals surface area contributed by atoms with Gasteiger partial charge in [-0.05, 0) is 42.7 Å². The van der Waals surface area contributed by atoms with Crippen molar-refractivity contribution < 1.29 is 4.79 Å². The summed E-state index contributed by atoms with van der Waals surface area (Å²) in [5.41, 5.74) is 6.76. The van der Waals surface area contributed by atoms with Crippen molar-refractivity contribution in [3.63, 3.8) is 0 Å². The molecule has 0 spiro atoms. The number of carbonyl (C=O) groups excluding carboxylic acids is 1. The van der Waals surface area contributed by atoms with E-state index in [-0.39, 0.29) is 5.91 Å². The minimum Gasteiger partial charge on any atom is -0.298 e. The Kier molecular flexibility index (Phi) is 5.87. The molecule has 148 valence electrons. The molecule has 0 bridgehead atoms. The smallest absolute Gasteiger partial charge is 0.258 e. The standard InChI is InChI=1S/C26H22N2OS/c1-18-13-14-19(2)22(15-18)24-17-30-26(27-24)28-25(29)23(21-11-7-4-8-12-21)16-20-9-5-3-6-10-20/h3-17H,1-2H3,(H,27,28,29)/b23-16+. The summed E-state index contributed by atoms with van der Waals surface area (Å²) in [4.78, 5) is 17.8. The van der Waals surface area contributed by atoms with Crippen molar-refractivity contribution in [2.24, 2.45) is 0 Å². The van der Waals surface area contributed by atoms with E-state index in [0.717, 1.165) is 27.9 Å². The van der Waals surface area contributed by atoms with Crippen molar-refractivity contribution in [3.05, 3.63) is 106 Å². The van der Waals surface area contributed by atoms with E-state index in [4.69, 9.17) is 0 Å². The first-order chi connectivity index (χ1) is 14.6. The van der Waals surface area contributed by atoms with E-state index in [9.17, 15) is 4.79 Å². The number of nitrogens with zero attached hydrogens (tertiary/aromatic N) is 1. The number of amides is 1. The third-order valence-electron chi connectivity index (χ3n) is 4.83. The third-order valence-corrected chi connectivity index (χ3v) is 5.59. The predicted molar refractivity (Wildman–Crippen MR) is 126 cm³/mol. The number of aryl methyl sites for hydroxylation is 2. The summed E-state index contributed by atoms with van der Waals surface area (Å²) >= 11 is 1.44. The number of hydrogen-bond acceptors (Lipinski definition) is 3. The molecule has 0 saturated heterocycles. The maximum Gasteiger partial charge on any atom is 0.258 e. The summed E-state index contributed by atoms with van der Waals surface area (Å²) in [6, 6.07) is 25.9. The normalized spacial score (nSPS) is 11.3. The first kappa shape index (κ1) is 19.8. The molecule has 1 amide bonds. The van der Waals surface area contributed by atoms with Gasteiger partial charge in [0.1, 0.15) is 0 Å². The second-order valence-corrected chi connectivity index (χ2v) is 8.00. The van der Waals surface area contributed by atoms with Gasteiger partial charge in [0.15, 0.2) is 5.13 Å². The highest BCUT2D eigenvalue weighted by atomic mass is 32.1. The molecular formula is C26H22N2OS. The SMILES string of the molecule is Cc1ccc(C)c(-c2csc(NC(=O)/C(=C/c3ccccc3)c3ccccc3)n2)c1. The monoisotopic (exact) mass is 410 g/mol. The zero-order valence-corrected chi connectivity index (χ0v) is 17.7. The quantitative estimate of drug-likeness (QED) is 0.297. The van der Waals surface area contributed by atoms with Gasteiger partial charge in [0.05, 0.1) is 5.69 Å². The summed E-state index contributed by atoms with van der Waals surface area (Å²) in [5.74, 6) is -0.174. The second-order valence-electron chi connectivity index (χ2n) is 7.15. The lowest BCUT2D eigenvalue weighted by atomic mass is 10.0. The van der Waals surface area contributed by atoms with Crippen molar-refractivity contribution in [3.8, 4) is 11.3 Å². The molecule has 0 fully saturated rings. The van der Waals surface area contributed by atoms with Crippen LogP contribution in [0.1, 0.15) is 22.3 Å². The van der Waals surface area contributed by atoms with Gasteiger partial charge in [-0.3, -0.25) is 10.1 Å². The molecule has 3 nitrogen and oxygen atoms in total. The molecule has 3 aromatic carbocycles. The van der Waals surface area contributed by atoms with Crippen molar-refractivity contribution in [1.29, 1.82) is 0 Å². The number of benzene rings is 3. The van der Waals surface area contributed by atoms with Crippen LogP contribution in [0.3, 0.4) is 0 Å². The number of nitrogens with one attached hydrogen (secondary N) is 1. The first-order valence-electron chi connectivity index (χ1n) is 9.77. The average molecular weight is 411 g/mol. The van der Waals surface area contributed by atoms with E-state index in [1.807, 2.05) is 72.1 Å². The van der Waals surface area contributed by atoms with E-state index < -0.39 is 0 Å². The predicted octanol–water partition coefficient (Wildman–Crippen LogP) is 6.61. The molecule has 0 aliphatic heterocycles. The minimum absolute atomic E-state index is 0.174. The van der Waals surface area contributed by atoms with E-state index in [1.54, 1.807) is 0 Å². The molecule has 0 aliphatic carbocycles. The molecule has 0 unspecified atom stereocenters. The molecule has 4 heteroatoms. The zero-order chi connectivity index (χ0) is 20.9. The van der Waals surface area contributed by atoms with Crippen molar-refractivity contribution in [1.82, 2.24) is 4.98 Å². The third kappa shape index (κ3) is 4.56. The van der Waals surface area contributed by atoms with Gasteiger partial charge in [0.2, 0.25) is 0 Å². The van der Waals surface area contributed by atoms with Crippen LogP contribution in [0.2, 0.25) is 0 Å². The van der Waals surface area contributed by atoms with E-state index in [1.165, 1.54) is 16.9 Å². The highest BCUT2D eigenvalue weighted by Gasteiger charge is 2.15. The summed E-state index contributed by atoms with van der Waals surface area (Å²) in [7, 11) is 0. The highest BCUT2D eigenvalue weighted by Crippen LogP contribution is 2.29. The van der Waals surface area contributed by atoms with E-state index >= 15 is 0 Å². The summed E-state index contributed by atoms with van der Waals surface area (Å²) in [6.45, 7) is 4.14. The second kappa shape index (κ2) is 8.89. The maximum atomic E-state index is 13.2. The van der Waals surface area contributed by atoms with Crippen molar-refractivity contribution >= 4 is 34.0 Å². The highest BCUT2D eigenvalue weighted by molar-refractivity contribution is 7.14. The minimum atomic E-state index is -0.174. The molecule has 4 rings (SSSR count). The Labute approximate surface area is 180 Å². The summed E-state index contributed by atoms with van der Waals surface area (Å²) < 4.78 is 0. The van der Waals surface area contributed by atoms with Gasteiger partial charge in [-0.25, -0.2) is 4.98 Å². The molecule has 0 saturated carbocycles. The molecule has 0 radical (unpaired) electrons. The van der Waals surface area contributed by atoms with Crippen LogP contribution in [0.15, 0.2) is 84.2 Å².